The van der Waals surface area contributed by atoms with Crippen molar-refractivity contribution in [2.75, 3.05) is 4.93 Å². The number of halogens is 1. The van der Waals surface area contributed by atoms with E-state index in [-0.39, 0.29) is 0 Å². The van der Waals surface area contributed by atoms with Crippen LogP contribution < -0.4 is 0 Å². The zero-order valence-electron chi connectivity index (χ0n) is 10.3. The maximum atomic E-state index is 4.58. The third-order valence-electron chi connectivity index (χ3n) is 2.57. The van der Waals surface area contributed by atoms with Gasteiger partial charge in [-0.2, -0.15) is 0 Å². The molecule has 0 saturated carbocycles. The molecule has 0 amide bonds. The van der Waals surface area contributed by atoms with Crippen LogP contribution in [-0.2, 0) is 7.05 Å². The van der Waals surface area contributed by atoms with Crippen molar-refractivity contribution in [3.63, 3.8) is 0 Å². The van der Waals surface area contributed by atoms with Crippen molar-refractivity contribution in [3.8, 4) is 11.4 Å². The smallest absolute Gasteiger partial charge is 0.107 e. The second-order valence-electron chi connectivity index (χ2n) is 3.81. The lowest BCUT2D eigenvalue weighted by Gasteiger charge is -1.99. The number of aryl methyl sites for hydroxylation is 1. The standard InChI is InChI=1S/C13H11N3.CH3I/c1-16-8-13(14-9-16)12-7-6-10-4-2-3-5-11(10)15-12;1-2/h2-9H,1H3;1H3. The van der Waals surface area contributed by atoms with Crippen LogP contribution in [0.2, 0.25) is 0 Å². The summed E-state index contributed by atoms with van der Waals surface area (Å²) in [4.78, 5) is 10.8. The molecule has 0 saturated heterocycles. The van der Waals surface area contributed by atoms with Gasteiger partial charge in [0.05, 0.1) is 17.5 Å². The summed E-state index contributed by atoms with van der Waals surface area (Å²) in [7, 11) is 1.96. The number of aromatic nitrogens is 3. The highest BCUT2D eigenvalue weighted by Gasteiger charge is 2.03. The molecule has 18 heavy (non-hydrogen) atoms. The number of hydrogen-bond donors (Lipinski definition) is 0. The summed E-state index contributed by atoms with van der Waals surface area (Å²) >= 11 is 2.15. The van der Waals surface area contributed by atoms with Crippen LogP contribution in [0.3, 0.4) is 0 Å². The Balaban J connectivity index is 0.000000574. The normalized spacial score (nSPS) is 9.94. The van der Waals surface area contributed by atoms with E-state index in [1.54, 1.807) is 6.33 Å². The summed E-state index contributed by atoms with van der Waals surface area (Å²) in [6.07, 6.45) is 3.75. The Labute approximate surface area is 120 Å². The minimum absolute atomic E-state index is 0.910. The van der Waals surface area contributed by atoms with Crippen molar-refractivity contribution < 1.29 is 0 Å². The van der Waals surface area contributed by atoms with Crippen LogP contribution in [0, 0.1) is 0 Å². The van der Waals surface area contributed by atoms with Gasteiger partial charge < -0.3 is 4.57 Å². The summed E-state index contributed by atoms with van der Waals surface area (Å²) in [6, 6.07) is 12.2. The predicted molar refractivity (Wildman–Crippen MR) is 83.9 cm³/mol. The lowest BCUT2D eigenvalue weighted by molar-refractivity contribution is 0.913. The second kappa shape index (κ2) is 5.95. The first-order valence-electron chi connectivity index (χ1n) is 5.55. The largest absolute Gasteiger partial charge is 0.340 e. The molecule has 3 nitrogen and oxygen atoms in total. The third kappa shape index (κ3) is 2.69. The Morgan fingerprint density at radius 2 is 1.78 bits per heavy atom. The molecular formula is C14H14IN3. The van der Waals surface area contributed by atoms with Gasteiger partial charge in [-0.15, -0.1) is 0 Å². The molecule has 0 atom stereocenters. The van der Waals surface area contributed by atoms with Crippen molar-refractivity contribution >= 4 is 33.5 Å². The van der Waals surface area contributed by atoms with Gasteiger partial charge >= 0.3 is 0 Å². The van der Waals surface area contributed by atoms with Crippen LogP contribution in [0.5, 0.6) is 0 Å². The third-order valence-corrected chi connectivity index (χ3v) is 2.57. The van der Waals surface area contributed by atoms with Gasteiger partial charge in [-0.3, -0.25) is 0 Å². The summed E-state index contributed by atoms with van der Waals surface area (Å²) in [6.45, 7) is 0. The zero-order valence-corrected chi connectivity index (χ0v) is 12.5. The molecule has 3 aromatic rings. The number of para-hydroxylation sites is 1. The number of nitrogens with zero attached hydrogens (tertiary/aromatic N) is 3. The van der Waals surface area contributed by atoms with E-state index in [0.717, 1.165) is 22.3 Å². The summed E-state index contributed by atoms with van der Waals surface area (Å²) in [5, 5.41) is 1.15. The maximum absolute atomic E-state index is 4.58. The maximum Gasteiger partial charge on any atom is 0.107 e. The van der Waals surface area contributed by atoms with E-state index in [9.17, 15) is 0 Å². The predicted octanol–water partition coefficient (Wildman–Crippen LogP) is 3.69. The van der Waals surface area contributed by atoms with Crippen LogP contribution in [-0.4, -0.2) is 19.5 Å². The van der Waals surface area contributed by atoms with Crippen molar-refractivity contribution in [1.29, 1.82) is 0 Å². The lowest BCUT2D eigenvalue weighted by atomic mass is 10.2. The van der Waals surface area contributed by atoms with Crippen LogP contribution >= 0.6 is 22.6 Å². The number of rotatable bonds is 1. The number of alkyl halides is 1. The molecule has 0 fully saturated rings. The molecule has 4 heteroatoms. The number of pyridine rings is 1. The van der Waals surface area contributed by atoms with E-state index in [0.29, 0.717) is 0 Å². The molecule has 1 aromatic carbocycles. The Bertz CT molecular complexity index is 646. The van der Waals surface area contributed by atoms with Crippen LogP contribution in [0.1, 0.15) is 0 Å². The van der Waals surface area contributed by atoms with Crippen molar-refractivity contribution in [1.82, 2.24) is 14.5 Å². The molecule has 2 heterocycles. The molecule has 0 bridgehead atoms. The van der Waals surface area contributed by atoms with E-state index >= 15 is 0 Å². The fraction of sp³-hybridized carbons (Fsp3) is 0.143. The van der Waals surface area contributed by atoms with Gasteiger partial charge in [-0.25, -0.2) is 9.97 Å². The highest BCUT2D eigenvalue weighted by Crippen LogP contribution is 2.18. The Kier molecular flexibility index (Phi) is 4.30. The molecular weight excluding hydrogens is 337 g/mol. The van der Waals surface area contributed by atoms with Crippen molar-refractivity contribution in [3.05, 3.63) is 48.9 Å². The summed E-state index contributed by atoms with van der Waals surface area (Å²) in [5.41, 5.74) is 2.83. The number of hydrogen-bond acceptors (Lipinski definition) is 2. The quantitative estimate of drug-likeness (QED) is 0.495. The monoisotopic (exact) mass is 351 g/mol. The van der Waals surface area contributed by atoms with Crippen molar-refractivity contribution in [2.45, 2.75) is 0 Å². The molecule has 0 N–H and O–H groups in total. The van der Waals surface area contributed by atoms with Gasteiger partial charge in [0.2, 0.25) is 0 Å². The Morgan fingerprint density at radius 3 is 2.50 bits per heavy atom. The lowest BCUT2D eigenvalue weighted by Crippen LogP contribution is -1.85. The molecule has 0 aliphatic heterocycles. The molecule has 0 unspecified atom stereocenters. The van der Waals surface area contributed by atoms with Crippen LogP contribution in [0.15, 0.2) is 48.9 Å². The van der Waals surface area contributed by atoms with E-state index < -0.39 is 0 Å². The van der Waals surface area contributed by atoms with Gasteiger partial charge in [0.1, 0.15) is 5.69 Å². The van der Waals surface area contributed by atoms with Gasteiger partial charge in [0.15, 0.2) is 0 Å². The van der Waals surface area contributed by atoms with Crippen molar-refractivity contribution in [2.24, 2.45) is 7.05 Å². The number of fused-ring (bicyclic) bond motifs is 1. The average Bonchev–Trinajstić information content (AvgIpc) is 2.87. The molecule has 0 spiro atoms. The SMILES string of the molecule is CI.Cn1cnc(-c2ccc3ccccc3n2)c1. The highest BCUT2D eigenvalue weighted by atomic mass is 127. The Morgan fingerprint density at radius 1 is 1.00 bits per heavy atom. The van der Waals surface area contributed by atoms with E-state index in [1.807, 2.05) is 47.0 Å². The minimum Gasteiger partial charge on any atom is -0.340 e. The van der Waals surface area contributed by atoms with Gasteiger partial charge in [-0.05, 0) is 17.1 Å². The topological polar surface area (TPSA) is 30.7 Å². The zero-order chi connectivity index (χ0) is 13.0. The molecule has 0 radical (unpaired) electrons. The van der Waals surface area contributed by atoms with Gasteiger partial charge in [0.25, 0.3) is 0 Å². The molecule has 0 aliphatic carbocycles. The Hall–Kier alpha value is -1.43. The fourth-order valence-electron chi connectivity index (χ4n) is 1.75. The summed E-state index contributed by atoms with van der Waals surface area (Å²) in [5.74, 6) is 0. The van der Waals surface area contributed by atoms with E-state index in [2.05, 4.69) is 44.7 Å². The van der Waals surface area contributed by atoms with E-state index in [4.69, 9.17) is 0 Å². The molecule has 3 rings (SSSR count). The summed E-state index contributed by atoms with van der Waals surface area (Å²) < 4.78 is 1.92. The van der Waals surface area contributed by atoms with Gasteiger partial charge in [-0.1, -0.05) is 46.9 Å². The van der Waals surface area contributed by atoms with Crippen LogP contribution in [0.4, 0.5) is 0 Å². The number of benzene rings is 1. The molecule has 2 aromatic heterocycles. The number of imidazole rings is 1. The minimum atomic E-state index is 0.910. The second-order valence-corrected chi connectivity index (χ2v) is 3.81. The highest BCUT2D eigenvalue weighted by molar-refractivity contribution is 14.1. The first kappa shape index (κ1) is 13.0. The fourth-order valence-corrected chi connectivity index (χ4v) is 1.75. The van der Waals surface area contributed by atoms with Gasteiger partial charge in [0, 0.05) is 18.6 Å². The average molecular weight is 351 g/mol. The van der Waals surface area contributed by atoms with E-state index in [1.165, 1.54) is 0 Å². The first-order chi connectivity index (χ1) is 8.83. The molecule has 0 aliphatic rings. The molecule has 92 valence electrons. The van der Waals surface area contributed by atoms with Crippen LogP contribution in [0.25, 0.3) is 22.3 Å². The first-order valence-corrected chi connectivity index (χ1v) is 7.70.